The maximum absolute atomic E-state index is 12.2. The fourth-order valence-electron chi connectivity index (χ4n) is 3.71. The number of urea groups is 1. The number of carbonyl (C=O) groups excluding carboxylic acids is 1. The SMILES string of the molecule is CN(C)C(=O)N1CCOC2(CCN(CCc3ccccc3)CC2)C1. The Balaban J connectivity index is 1.49. The van der Waals surface area contributed by atoms with Gasteiger partial charge in [0.1, 0.15) is 0 Å². The Morgan fingerprint density at radius 2 is 1.88 bits per heavy atom. The number of nitrogens with zero attached hydrogens (tertiary/aromatic N) is 3. The molecule has 5 nitrogen and oxygen atoms in total. The van der Waals surface area contributed by atoms with E-state index in [-0.39, 0.29) is 11.6 Å². The van der Waals surface area contributed by atoms with Crippen molar-refractivity contribution < 1.29 is 9.53 Å². The van der Waals surface area contributed by atoms with Crippen molar-refractivity contribution in [3.63, 3.8) is 0 Å². The van der Waals surface area contributed by atoms with E-state index in [0.29, 0.717) is 13.2 Å². The minimum atomic E-state index is -0.132. The van der Waals surface area contributed by atoms with Gasteiger partial charge in [-0.3, -0.25) is 0 Å². The molecule has 3 rings (SSSR count). The van der Waals surface area contributed by atoms with E-state index in [1.54, 1.807) is 4.90 Å². The number of hydrogen-bond acceptors (Lipinski definition) is 3. The average molecular weight is 331 g/mol. The van der Waals surface area contributed by atoms with Crippen molar-refractivity contribution in [2.75, 3.05) is 53.4 Å². The Bertz CT molecular complexity index is 539. The molecule has 0 radical (unpaired) electrons. The monoisotopic (exact) mass is 331 g/mol. The van der Waals surface area contributed by atoms with E-state index in [1.165, 1.54) is 5.56 Å². The Morgan fingerprint density at radius 3 is 2.54 bits per heavy atom. The van der Waals surface area contributed by atoms with Crippen LogP contribution in [0, 0.1) is 0 Å². The highest BCUT2D eigenvalue weighted by Crippen LogP contribution is 2.30. The first kappa shape index (κ1) is 17.2. The van der Waals surface area contributed by atoms with Gasteiger partial charge in [-0.25, -0.2) is 4.79 Å². The molecule has 0 unspecified atom stereocenters. The van der Waals surface area contributed by atoms with Gasteiger partial charge >= 0.3 is 6.03 Å². The zero-order chi connectivity index (χ0) is 17.0. The van der Waals surface area contributed by atoms with Crippen molar-refractivity contribution in [2.24, 2.45) is 0 Å². The van der Waals surface area contributed by atoms with Crippen LogP contribution in [-0.2, 0) is 11.2 Å². The molecule has 1 spiro atoms. The summed E-state index contributed by atoms with van der Waals surface area (Å²) in [6.45, 7) is 5.30. The van der Waals surface area contributed by atoms with Crippen LogP contribution in [0.15, 0.2) is 30.3 Å². The van der Waals surface area contributed by atoms with Crippen LogP contribution in [0.25, 0.3) is 0 Å². The van der Waals surface area contributed by atoms with E-state index in [2.05, 4.69) is 35.2 Å². The summed E-state index contributed by atoms with van der Waals surface area (Å²) in [6, 6.07) is 10.8. The lowest BCUT2D eigenvalue weighted by Gasteiger charge is -2.47. The number of morpholine rings is 1. The Labute approximate surface area is 145 Å². The third kappa shape index (κ3) is 4.08. The number of rotatable bonds is 3. The number of carbonyl (C=O) groups is 1. The van der Waals surface area contributed by atoms with Crippen LogP contribution in [0.1, 0.15) is 18.4 Å². The summed E-state index contributed by atoms with van der Waals surface area (Å²) in [7, 11) is 3.63. The van der Waals surface area contributed by atoms with Gasteiger partial charge in [-0.15, -0.1) is 0 Å². The highest BCUT2D eigenvalue weighted by Gasteiger charge is 2.41. The molecule has 5 heteroatoms. The van der Waals surface area contributed by atoms with E-state index in [1.807, 2.05) is 19.0 Å². The predicted octanol–water partition coefficient (Wildman–Crippen LogP) is 2.08. The summed E-state index contributed by atoms with van der Waals surface area (Å²) in [5.41, 5.74) is 1.27. The molecule has 0 aromatic heterocycles. The number of piperidine rings is 1. The maximum Gasteiger partial charge on any atom is 0.319 e. The second-order valence-corrected chi connectivity index (χ2v) is 7.21. The lowest BCUT2D eigenvalue weighted by Crippen LogP contribution is -2.59. The fraction of sp³-hybridized carbons (Fsp3) is 0.632. The largest absolute Gasteiger partial charge is 0.371 e. The zero-order valence-corrected chi connectivity index (χ0v) is 14.9. The normalized spacial score (nSPS) is 21.0. The van der Waals surface area contributed by atoms with E-state index in [4.69, 9.17) is 4.74 Å². The maximum atomic E-state index is 12.2. The number of benzene rings is 1. The van der Waals surface area contributed by atoms with Crippen molar-refractivity contribution >= 4 is 6.03 Å². The lowest BCUT2D eigenvalue weighted by molar-refractivity contribution is -0.127. The molecule has 0 bridgehead atoms. The highest BCUT2D eigenvalue weighted by molar-refractivity contribution is 5.74. The standard InChI is InChI=1S/C19H29N3O2/c1-20(2)18(23)22-14-15-24-19(16-22)9-12-21(13-10-19)11-8-17-6-4-3-5-7-17/h3-7H,8-16H2,1-2H3. The summed E-state index contributed by atoms with van der Waals surface area (Å²) >= 11 is 0. The first-order chi connectivity index (χ1) is 11.6. The molecule has 2 aliphatic heterocycles. The average Bonchev–Trinajstić information content (AvgIpc) is 2.61. The first-order valence-electron chi connectivity index (χ1n) is 8.94. The second-order valence-electron chi connectivity index (χ2n) is 7.21. The molecule has 1 aromatic carbocycles. The third-order valence-electron chi connectivity index (χ3n) is 5.23. The molecule has 24 heavy (non-hydrogen) atoms. The van der Waals surface area contributed by atoms with E-state index in [9.17, 15) is 4.79 Å². The Hall–Kier alpha value is -1.59. The first-order valence-corrected chi connectivity index (χ1v) is 8.94. The smallest absolute Gasteiger partial charge is 0.319 e. The van der Waals surface area contributed by atoms with Gasteiger partial charge in [0.05, 0.1) is 18.8 Å². The Kier molecular flexibility index (Phi) is 5.41. The van der Waals surface area contributed by atoms with Gasteiger partial charge in [0.25, 0.3) is 0 Å². The molecule has 2 fully saturated rings. The number of amides is 2. The molecular weight excluding hydrogens is 302 g/mol. The van der Waals surface area contributed by atoms with Crippen LogP contribution < -0.4 is 0 Å². The van der Waals surface area contributed by atoms with Gasteiger partial charge < -0.3 is 19.4 Å². The fourth-order valence-corrected chi connectivity index (χ4v) is 3.71. The summed E-state index contributed by atoms with van der Waals surface area (Å²) in [6.07, 6.45) is 3.12. The molecule has 1 aromatic rings. The van der Waals surface area contributed by atoms with Crippen LogP contribution >= 0.6 is 0 Å². The number of hydrogen-bond donors (Lipinski definition) is 0. The van der Waals surface area contributed by atoms with Gasteiger partial charge in [0.15, 0.2) is 0 Å². The van der Waals surface area contributed by atoms with E-state index < -0.39 is 0 Å². The third-order valence-corrected chi connectivity index (χ3v) is 5.23. The summed E-state index contributed by atoms with van der Waals surface area (Å²) in [4.78, 5) is 18.4. The van der Waals surface area contributed by atoms with E-state index in [0.717, 1.165) is 45.4 Å². The Morgan fingerprint density at radius 1 is 1.17 bits per heavy atom. The summed E-state index contributed by atoms with van der Waals surface area (Å²) < 4.78 is 6.14. The molecule has 2 amide bonds. The lowest BCUT2D eigenvalue weighted by atomic mass is 9.89. The van der Waals surface area contributed by atoms with Crippen LogP contribution in [-0.4, -0.2) is 79.8 Å². The number of ether oxygens (including phenoxy) is 1. The van der Waals surface area contributed by atoms with Crippen molar-refractivity contribution in [3.05, 3.63) is 35.9 Å². The molecular formula is C19H29N3O2. The van der Waals surface area contributed by atoms with Crippen LogP contribution in [0.3, 0.4) is 0 Å². The molecule has 2 heterocycles. The molecule has 0 aliphatic carbocycles. The van der Waals surface area contributed by atoms with Gasteiger partial charge in [0, 0.05) is 40.3 Å². The van der Waals surface area contributed by atoms with Crippen molar-refractivity contribution in [1.82, 2.24) is 14.7 Å². The molecule has 2 saturated heterocycles. The minimum Gasteiger partial charge on any atom is -0.371 e. The van der Waals surface area contributed by atoms with Crippen LogP contribution in [0.2, 0.25) is 0 Å². The van der Waals surface area contributed by atoms with Crippen molar-refractivity contribution in [1.29, 1.82) is 0 Å². The summed E-state index contributed by atoms with van der Waals surface area (Å²) in [5, 5.41) is 0. The molecule has 132 valence electrons. The topological polar surface area (TPSA) is 36.0 Å². The molecule has 0 atom stereocenters. The van der Waals surface area contributed by atoms with Crippen molar-refractivity contribution in [2.45, 2.75) is 24.9 Å². The van der Waals surface area contributed by atoms with Gasteiger partial charge in [-0.05, 0) is 24.8 Å². The van der Waals surface area contributed by atoms with E-state index >= 15 is 0 Å². The zero-order valence-electron chi connectivity index (χ0n) is 14.9. The van der Waals surface area contributed by atoms with Gasteiger partial charge in [-0.1, -0.05) is 30.3 Å². The molecule has 2 aliphatic rings. The molecule has 0 N–H and O–H groups in total. The number of likely N-dealkylation sites (tertiary alicyclic amines) is 1. The minimum absolute atomic E-state index is 0.101. The predicted molar refractivity (Wildman–Crippen MR) is 95.2 cm³/mol. The van der Waals surface area contributed by atoms with Crippen LogP contribution in [0.4, 0.5) is 4.79 Å². The second kappa shape index (κ2) is 7.53. The van der Waals surface area contributed by atoms with Gasteiger partial charge in [0.2, 0.25) is 0 Å². The van der Waals surface area contributed by atoms with Gasteiger partial charge in [-0.2, -0.15) is 0 Å². The summed E-state index contributed by atoms with van der Waals surface area (Å²) in [5.74, 6) is 0. The van der Waals surface area contributed by atoms with Crippen LogP contribution in [0.5, 0.6) is 0 Å². The van der Waals surface area contributed by atoms with Crippen molar-refractivity contribution in [3.8, 4) is 0 Å². The highest BCUT2D eigenvalue weighted by atomic mass is 16.5. The quantitative estimate of drug-likeness (QED) is 0.851. The molecule has 0 saturated carbocycles.